The number of amides is 3. The van der Waals surface area contributed by atoms with Gasteiger partial charge in [-0.25, -0.2) is 14.6 Å². The Morgan fingerprint density at radius 1 is 1.22 bits per heavy atom. The van der Waals surface area contributed by atoms with E-state index in [1.165, 1.54) is 22.9 Å². The van der Waals surface area contributed by atoms with Crippen molar-refractivity contribution in [3.8, 4) is 23.5 Å². The number of nitrogens with two attached hydrogens (primary N) is 1. The van der Waals surface area contributed by atoms with Gasteiger partial charge in [0.2, 0.25) is 0 Å². The molecule has 0 saturated heterocycles. The first-order chi connectivity index (χ1) is 15.5. The molecule has 0 radical (unpaired) electrons. The number of benzene rings is 2. The number of thiazole rings is 1. The van der Waals surface area contributed by atoms with E-state index < -0.39 is 18.2 Å². The van der Waals surface area contributed by atoms with Crippen molar-refractivity contribution < 1.29 is 14.3 Å². The van der Waals surface area contributed by atoms with E-state index in [0.717, 1.165) is 26.9 Å². The van der Waals surface area contributed by atoms with E-state index in [-0.39, 0.29) is 6.61 Å². The number of fused-ring (bicyclic) bond motifs is 1. The van der Waals surface area contributed by atoms with Gasteiger partial charge in [0.1, 0.15) is 17.9 Å². The van der Waals surface area contributed by atoms with Crippen molar-refractivity contribution in [2.45, 2.75) is 6.04 Å². The lowest BCUT2D eigenvalue weighted by atomic mass is 10.0. The van der Waals surface area contributed by atoms with E-state index in [4.69, 9.17) is 16.9 Å². The molecule has 4 aromatic rings. The molecule has 1 atom stereocenters. The van der Waals surface area contributed by atoms with Crippen LogP contribution in [0.4, 0.5) is 15.4 Å². The minimum absolute atomic E-state index is 0.136. The Balaban J connectivity index is 1.53. The number of hydrogen-bond donors (Lipinski definition) is 3. The number of urea groups is 1. The van der Waals surface area contributed by atoms with Crippen molar-refractivity contribution in [1.29, 1.82) is 0 Å². The third-order valence-electron chi connectivity index (χ3n) is 4.47. The zero-order valence-electron chi connectivity index (χ0n) is 16.4. The first kappa shape index (κ1) is 21.2. The highest BCUT2D eigenvalue weighted by atomic mass is 32.1. The predicted octanol–water partition coefficient (Wildman–Crippen LogP) is 3.75. The van der Waals surface area contributed by atoms with Gasteiger partial charge in [-0.3, -0.25) is 5.32 Å². The molecular weight excluding hydrogens is 448 g/mol. The third kappa shape index (κ3) is 4.83. The Morgan fingerprint density at radius 3 is 2.75 bits per heavy atom. The zero-order chi connectivity index (χ0) is 22.5. The van der Waals surface area contributed by atoms with Crippen LogP contribution >= 0.6 is 22.9 Å². The second-order valence-electron chi connectivity index (χ2n) is 6.51. The van der Waals surface area contributed by atoms with E-state index in [2.05, 4.69) is 31.1 Å². The lowest BCUT2D eigenvalue weighted by Crippen LogP contribution is -2.36. The molecule has 11 heteroatoms. The SMILES string of the molecule is C#Cc1nc(NC(=O)NC(COC(N)=O)c2ccc(-c3cccc4nnsc34)cc2)cs1. The highest BCUT2D eigenvalue weighted by Gasteiger charge is 2.18. The number of terminal acetylenes is 1. The van der Waals surface area contributed by atoms with E-state index in [9.17, 15) is 9.59 Å². The van der Waals surface area contributed by atoms with Crippen LogP contribution in [0.15, 0.2) is 47.8 Å². The lowest BCUT2D eigenvalue weighted by Gasteiger charge is -2.19. The largest absolute Gasteiger partial charge is 0.447 e. The molecule has 0 aliphatic heterocycles. The highest BCUT2D eigenvalue weighted by Crippen LogP contribution is 2.30. The number of hydrogen-bond acceptors (Lipinski definition) is 8. The molecular formula is C21H16N6O3S2. The molecule has 2 aromatic carbocycles. The number of nitrogens with one attached hydrogen (secondary N) is 2. The van der Waals surface area contributed by atoms with Crippen LogP contribution in [0.3, 0.4) is 0 Å². The van der Waals surface area contributed by atoms with E-state index >= 15 is 0 Å². The van der Waals surface area contributed by atoms with Crippen LogP contribution < -0.4 is 16.4 Å². The molecule has 0 spiro atoms. The van der Waals surface area contributed by atoms with E-state index in [0.29, 0.717) is 10.8 Å². The Bertz CT molecular complexity index is 1310. The molecule has 1 unspecified atom stereocenters. The molecule has 0 aliphatic rings. The quantitative estimate of drug-likeness (QED) is 0.372. The molecule has 2 aromatic heterocycles. The molecule has 0 saturated carbocycles. The van der Waals surface area contributed by atoms with Crippen LogP contribution in [0, 0.1) is 12.3 Å². The van der Waals surface area contributed by atoms with Gasteiger partial charge in [-0.2, -0.15) is 0 Å². The molecule has 2 heterocycles. The average Bonchev–Trinajstić information content (AvgIpc) is 3.45. The van der Waals surface area contributed by atoms with Gasteiger partial charge in [-0.15, -0.1) is 22.9 Å². The van der Waals surface area contributed by atoms with Crippen LogP contribution in [0.1, 0.15) is 16.6 Å². The van der Waals surface area contributed by atoms with Gasteiger partial charge in [0, 0.05) is 10.9 Å². The maximum absolute atomic E-state index is 12.5. The molecule has 160 valence electrons. The number of ether oxygens (including phenoxy) is 1. The fraction of sp³-hybridized carbons (Fsp3) is 0.0952. The van der Waals surface area contributed by atoms with E-state index in [1.54, 1.807) is 5.38 Å². The number of carbonyl (C=O) groups is 2. The number of rotatable bonds is 6. The molecule has 0 fully saturated rings. The summed E-state index contributed by atoms with van der Waals surface area (Å²) >= 11 is 2.57. The van der Waals surface area contributed by atoms with Gasteiger partial charge in [0.25, 0.3) is 0 Å². The first-order valence-corrected chi connectivity index (χ1v) is 10.9. The standard InChI is InChI=1S/C21H16N6O3S2/c1-2-18-24-17(11-31-18)25-21(29)23-16(10-30-20(22)28)13-8-6-12(7-9-13)14-4-3-5-15-19(14)32-27-26-15/h1,3-9,11,16H,10H2,(H2,22,28)(H2,23,25,29). The summed E-state index contributed by atoms with van der Waals surface area (Å²) in [6, 6.07) is 12.2. The zero-order valence-corrected chi connectivity index (χ0v) is 18.1. The van der Waals surface area contributed by atoms with Crippen molar-refractivity contribution in [3.05, 3.63) is 58.4 Å². The Labute approximate surface area is 190 Å². The van der Waals surface area contributed by atoms with Crippen LogP contribution in [0.2, 0.25) is 0 Å². The maximum Gasteiger partial charge on any atom is 0.404 e. The number of nitrogens with zero attached hydrogens (tertiary/aromatic N) is 3. The minimum Gasteiger partial charge on any atom is -0.447 e. The van der Waals surface area contributed by atoms with E-state index in [1.807, 2.05) is 42.5 Å². The van der Waals surface area contributed by atoms with Crippen molar-refractivity contribution >= 4 is 51.0 Å². The number of anilines is 1. The normalized spacial score (nSPS) is 11.5. The summed E-state index contributed by atoms with van der Waals surface area (Å²) in [5.41, 5.74) is 8.64. The predicted molar refractivity (Wildman–Crippen MR) is 123 cm³/mol. The molecule has 3 amide bonds. The Hall–Kier alpha value is -4.01. The van der Waals surface area contributed by atoms with Gasteiger partial charge < -0.3 is 15.8 Å². The third-order valence-corrected chi connectivity index (χ3v) is 6.01. The number of aromatic nitrogens is 3. The average molecular weight is 465 g/mol. The highest BCUT2D eigenvalue weighted by molar-refractivity contribution is 7.13. The molecule has 32 heavy (non-hydrogen) atoms. The van der Waals surface area contributed by atoms with Gasteiger partial charge in [-0.1, -0.05) is 40.9 Å². The van der Waals surface area contributed by atoms with Gasteiger partial charge >= 0.3 is 12.1 Å². The van der Waals surface area contributed by atoms with Gasteiger partial charge in [0.05, 0.1) is 10.7 Å². The Kier molecular flexibility index (Phi) is 6.25. The second-order valence-corrected chi connectivity index (χ2v) is 8.12. The monoisotopic (exact) mass is 464 g/mol. The smallest absolute Gasteiger partial charge is 0.404 e. The number of carbonyl (C=O) groups excluding carboxylic acids is 2. The molecule has 4 rings (SSSR count). The van der Waals surface area contributed by atoms with Crippen LogP contribution in [-0.2, 0) is 4.74 Å². The van der Waals surface area contributed by atoms with Crippen molar-refractivity contribution in [2.75, 3.05) is 11.9 Å². The van der Waals surface area contributed by atoms with Crippen LogP contribution in [0.5, 0.6) is 0 Å². The molecule has 0 bridgehead atoms. The first-order valence-electron chi connectivity index (χ1n) is 9.27. The molecule has 9 nitrogen and oxygen atoms in total. The summed E-state index contributed by atoms with van der Waals surface area (Å²) in [6.45, 7) is -0.136. The van der Waals surface area contributed by atoms with Crippen molar-refractivity contribution in [2.24, 2.45) is 5.73 Å². The van der Waals surface area contributed by atoms with Crippen molar-refractivity contribution in [1.82, 2.24) is 19.9 Å². The summed E-state index contributed by atoms with van der Waals surface area (Å²) in [7, 11) is 0. The topological polar surface area (TPSA) is 132 Å². The summed E-state index contributed by atoms with van der Waals surface area (Å²) in [5, 5.41) is 11.6. The van der Waals surface area contributed by atoms with Gasteiger partial charge in [-0.05, 0) is 34.6 Å². The summed E-state index contributed by atoms with van der Waals surface area (Å²) in [6.07, 6.45) is 4.37. The molecule has 0 aliphatic carbocycles. The summed E-state index contributed by atoms with van der Waals surface area (Å²) in [5.74, 6) is 2.74. The molecule has 4 N–H and O–H groups in total. The summed E-state index contributed by atoms with van der Waals surface area (Å²) < 4.78 is 9.93. The van der Waals surface area contributed by atoms with Crippen molar-refractivity contribution in [3.63, 3.8) is 0 Å². The maximum atomic E-state index is 12.5. The minimum atomic E-state index is -0.934. The fourth-order valence-corrected chi connectivity index (χ4v) is 4.27. The van der Waals surface area contributed by atoms with Gasteiger partial charge in [0.15, 0.2) is 5.01 Å². The van der Waals surface area contributed by atoms with Crippen LogP contribution in [0.25, 0.3) is 21.3 Å². The lowest BCUT2D eigenvalue weighted by molar-refractivity contribution is 0.144. The fourth-order valence-electron chi connectivity index (χ4n) is 3.02. The second kappa shape index (κ2) is 9.42. The van der Waals surface area contributed by atoms with Crippen LogP contribution in [-0.4, -0.2) is 33.3 Å². The Morgan fingerprint density at radius 2 is 2.03 bits per heavy atom. The number of primary amides is 1. The summed E-state index contributed by atoms with van der Waals surface area (Å²) in [4.78, 5) is 27.7.